The van der Waals surface area contributed by atoms with Gasteiger partial charge >= 0.3 is 0 Å². The highest BCUT2D eigenvalue weighted by Gasteiger charge is 2.01. The third kappa shape index (κ3) is 7.88. The number of rotatable bonds is 3. The van der Waals surface area contributed by atoms with Crippen LogP contribution < -0.4 is 0 Å². The highest BCUT2D eigenvalue weighted by atomic mass is 31.0. The minimum absolute atomic E-state index is 0.678. The zero-order chi connectivity index (χ0) is 13.0. The third-order valence-electron chi connectivity index (χ3n) is 2.04. The van der Waals surface area contributed by atoms with Crippen LogP contribution in [0.2, 0.25) is 0 Å². The first kappa shape index (κ1) is 18.0. The van der Waals surface area contributed by atoms with Crippen LogP contribution in [0.25, 0.3) is 0 Å². The fraction of sp³-hybridized carbons (Fsp3) is 0.600. The van der Waals surface area contributed by atoms with Crippen LogP contribution in [-0.2, 0) is 12.8 Å². The zero-order valence-corrected chi connectivity index (χ0v) is 13.0. The molecule has 0 bridgehead atoms. The Hall–Kier alpha value is -0.350. The van der Waals surface area contributed by atoms with E-state index in [4.69, 9.17) is 0 Å². The predicted octanol–water partition coefficient (Wildman–Crippen LogP) is 5.11. The number of benzene rings is 1. The van der Waals surface area contributed by atoms with Crippen molar-refractivity contribution in [2.24, 2.45) is 0 Å². The van der Waals surface area contributed by atoms with Crippen molar-refractivity contribution in [2.75, 3.05) is 0 Å². The van der Waals surface area contributed by atoms with Gasteiger partial charge in [0.05, 0.1) is 0 Å². The van der Waals surface area contributed by atoms with Gasteiger partial charge in [0.15, 0.2) is 0 Å². The molecule has 0 nitrogen and oxygen atoms in total. The van der Waals surface area contributed by atoms with Gasteiger partial charge in [-0.15, -0.1) is 9.24 Å². The summed E-state index contributed by atoms with van der Waals surface area (Å²) in [6.45, 7) is 12.4. The van der Waals surface area contributed by atoms with Crippen molar-refractivity contribution in [1.82, 2.24) is 0 Å². The molecule has 0 aliphatic carbocycles. The normalized spacial score (nSPS) is 10.4. The van der Waals surface area contributed by atoms with E-state index in [-0.39, 0.29) is 0 Å². The molecule has 0 aliphatic heterocycles. The predicted molar refractivity (Wildman–Crippen MR) is 81.4 cm³/mol. The van der Waals surface area contributed by atoms with Gasteiger partial charge in [-0.2, -0.15) is 0 Å². The third-order valence-corrected chi connectivity index (χ3v) is 2.28. The van der Waals surface area contributed by atoms with Gasteiger partial charge in [0, 0.05) is 0 Å². The van der Waals surface area contributed by atoms with Crippen molar-refractivity contribution >= 4 is 9.24 Å². The molecule has 2 atom stereocenters. The summed E-state index contributed by atoms with van der Waals surface area (Å²) in [6.07, 6.45) is 2.32. The minimum Gasteiger partial charge on any atom is -0.134 e. The molecule has 0 saturated heterocycles. The molecule has 1 aromatic rings. The molecule has 94 valence electrons. The zero-order valence-electron chi connectivity index (χ0n) is 11.9. The van der Waals surface area contributed by atoms with E-state index in [1.165, 1.54) is 17.5 Å². The minimum atomic E-state index is 0.678. The maximum absolute atomic E-state index is 2.85. The largest absolute Gasteiger partial charge is 0.134 e. The summed E-state index contributed by atoms with van der Waals surface area (Å²) in [5, 5.41) is 0. The van der Waals surface area contributed by atoms with E-state index in [0.29, 0.717) is 5.66 Å². The number of hydrogen-bond donors (Lipinski definition) is 0. The topological polar surface area (TPSA) is 0 Å². The average molecular weight is 240 g/mol. The molecule has 16 heavy (non-hydrogen) atoms. The van der Waals surface area contributed by atoms with Crippen molar-refractivity contribution in [2.45, 2.75) is 60.0 Å². The summed E-state index contributed by atoms with van der Waals surface area (Å²) < 4.78 is 0. The Morgan fingerprint density at radius 2 is 1.44 bits per heavy atom. The molecule has 1 heteroatoms. The molecular weight excluding hydrogens is 211 g/mol. The van der Waals surface area contributed by atoms with Gasteiger partial charge in [-0.25, -0.2) is 0 Å². The summed E-state index contributed by atoms with van der Waals surface area (Å²) in [5.74, 6) is 0. The average Bonchev–Trinajstić information content (AvgIpc) is 2.34. The lowest BCUT2D eigenvalue weighted by atomic mass is 10.0. The highest BCUT2D eigenvalue weighted by Crippen LogP contribution is 2.14. The molecule has 2 unspecified atom stereocenters. The molecule has 0 saturated carbocycles. The van der Waals surface area contributed by atoms with Crippen LogP contribution in [0.4, 0.5) is 0 Å². The number of aryl methyl sites for hydroxylation is 1. The summed E-state index contributed by atoms with van der Waals surface area (Å²) in [6, 6.07) is 8.71. The first-order valence-corrected chi connectivity index (χ1v) is 7.23. The van der Waals surface area contributed by atoms with Gasteiger partial charge in [0.1, 0.15) is 0 Å². The van der Waals surface area contributed by atoms with E-state index < -0.39 is 0 Å². The maximum atomic E-state index is 2.85. The first-order valence-electron chi connectivity index (χ1n) is 6.56. The van der Waals surface area contributed by atoms with Crippen molar-refractivity contribution in [3.05, 3.63) is 35.4 Å². The monoisotopic (exact) mass is 240 g/mol. The standard InChI is InChI=1S/C11H17P.2C2H6/c1-3-10-6-4-5-7-11(10)8-9(2)12;2*1-2/h4-7,9H,3,8,12H2,1-2H3;2*1-2H3. The Morgan fingerprint density at radius 1 is 1.00 bits per heavy atom. The van der Waals surface area contributed by atoms with Crippen LogP contribution in [0.1, 0.15) is 52.7 Å². The summed E-state index contributed by atoms with van der Waals surface area (Å²) in [4.78, 5) is 0. The Balaban J connectivity index is 0. The lowest BCUT2D eigenvalue weighted by Gasteiger charge is -2.09. The van der Waals surface area contributed by atoms with Crippen LogP contribution in [0.15, 0.2) is 24.3 Å². The van der Waals surface area contributed by atoms with Crippen LogP contribution in [0.5, 0.6) is 0 Å². The molecule has 1 aromatic carbocycles. The van der Waals surface area contributed by atoms with Gasteiger partial charge < -0.3 is 0 Å². The Bertz CT molecular complexity index is 241. The van der Waals surface area contributed by atoms with Crippen molar-refractivity contribution < 1.29 is 0 Å². The second-order valence-electron chi connectivity index (χ2n) is 3.30. The lowest BCUT2D eigenvalue weighted by molar-refractivity contribution is 0.919. The summed E-state index contributed by atoms with van der Waals surface area (Å²) in [7, 11) is 2.85. The van der Waals surface area contributed by atoms with E-state index in [1.807, 2.05) is 27.7 Å². The van der Waals surface area contributed by atoms with E-state index in [2.05, 4.69) is 47.4 Å². The van der Waals surface area contributed by atoms with E-state index in [0.717, 1.165) is 6.42 Å². The fourth-order valence-corrected chi connectivity index (χ4v) is 1.70. The molecule has 0 N–H and O–H groups in total. The summed E-state index contributed by atoms with van der Waals surface area (Å²) >= 11 is 0. The molecule has 0 amide bonds. The molecular formula is C15H29P. The van der Waals surface area contributed by atoms with E-state index in [9.17, 15) is 0 Å². The van der Waals surface area contributed by atoms with Crippen LogP contribution in [0, 0.1) is 0 Å². The lowest BCUT2D eigenvalue weighted by Crippen LogP contribution is -1.99. The fourth-order valence-electron chi connectivity index (χ4n) is 1.45. The Morgan fingerprint density at radius 3 is 1.81 bits per heavy atom. The van der Waals surface area contributed by atoms with E-state index in [1.54, 1.807) is 0 Å². The van der Waals surface area contributed by atoms with Crippen LogP contribution in [-0.4, -0.2) is 5.66 Å². The van der Waals surface area contributed by atoms with Crippen molar-refractivity contribution in [3.63, 3.8) is 0 Å². The molecule has 0 aliphatic rings. The molecule has 0 spiro atoms. The van der Waals surface area contributed by atoms with Crippen LogP contribution in [0.3, 0.4) is 0 Å². The quantitative estimate of drug-likeness (QED) is 0.644. The van der Waals surface area contributed by atoms with Gasteiger partial charge in [-0.1, -0.05) is 65.8 Å². The Kier molecular flexibility index (Phi) is 14.3. The van der Waals surface area contributed by atoms with Crippen molar-refractivity contribution in [3.8, 4) is 0 Å². The van der Waals surface area contributed by atoms with Gasteiger partial charge in [-0.3, -0.25) is 0 Å². The van der Waals surface area contributed by atoms with E-state index >= 15 is 0 Å². The second kappa shape index (κ2) is 12.7. The van der Waals surface area contributed by atoms with Crippen LogP contribution >= 0.6 is 9.24 Å². The smallest absolute Gasteiger partial charge is 0.0216 e. The molecule has 0 heterocycles. The number of hydrogen-bond acceptors (Lipinski definition) is 0. The SMILES string of the molecule is CC.CC.CCc1ccccc1CC(C)P. The van der Waals surface area contributed by atoms with Gasteiger partial charge in [0.25, 0.3) is 0 Å². The summed E-state index contributed by atoms with van der Waals surface area (Å²) in [5.41, 5.74) is 3.67. The first-order chi connectivity index (χ1) is 7.74. The van der Waals surface area contributed by atoms with Gasteiger partial charge in [0.2, 0.25) is 0 Å². The molecule has 0 aromatic heterocycles. The molecule has 1 rings (SSSR count). The molecule has 0 radical (unpaired) electrons. The molecule has 0 fully saturated rings. The van der Waals surface area contributed by atoms with Crippen molar-refractivity contribution in [1.29, 1.82) is 0 Å². The maximum Gasteiger partial charge on any atom is -0.0216 e. The Labute approximate surface area is 105 Å². The van der Waals surface area contributed by atoms with Gasteiger partial charge in [-0.05, 0) is 29.6 Å². The second-order valence-corrected chi connectivity index (χ2v) is 4.44. The highest BCUT2D eigenvalue weighted by molar-refractivity contribution is 7.17.